The third kappa shape index (κ3) is 4.87. The topological polar surface area (TPSA) is 21.3 Å². The van der Waals surface area contributed by atoms with E-state index < -0.39 is 0 Å². The van der Waals surface area contributed by atoms with Crippen molar-refractivity contribution in [1.29, 1.82) is 0 Å². The molecule has 112 valence electrons. The molecule has 2 rings (SSSR count). The summed E-state index contributed by atoms with van der Waals surface area (Å²) < 4.78 is 6.98. The SMILES string of the molecule is CC(Cc1ccc(Br)cc1)NC1CCOC(C(C)C)C1. The van der Waals surface area contributed by atoms with E-state index in [0.29, 0.717) is 24.1 Å². The van der Waals surface area contributed by atoms with Crippen LogP contribution >= 0.6 is 15.9 Å². The monoisotopic (exact) mass is 339 g/mol. The van der Waals surface area contributed by atoms with Crippen LogP contribution < -0.4 is 5.32 Å². The van der Waals surface area contributed by atoms with Crippen LogP contribution in [0.2, 0.25) is 0 Å². The molecule has 1 aliphatic heterocycles. The maximum absolute atomic E-state index is 5.84. The smallest absolute Gasteiger partial charge is 0.0612 e. The van der Waals surface area contributed by atoms with Gasteiger partial charge in [0.25, 0.3) is 0 Å². The molecule has 0 saturated carbocycles. The van der Waals surface area contributed by atoms with Gasteiger partial charge in [-0.1, -0.05) is 41.9 Å². The van der Waals surface area contributed by atoms with Gasteiger partial charge in [0.15, 0.2) is 0 Å². The van der Waals surface area contributed by atoms with Crippen LogP contribution in [0, 0.1) is 5.92 Å². The van der Waals surface area contributed by atoms with Gasteiger partial charge in [0.05, 0.1) is 6.10 Å². The first kappa shape index (κ1) is 16.0. The molecule has 0 aromatic heterocycles. The predicted octanol–water partition coefficient (Wildman–Crippen LogP) is 4.17. The van der Waals surface area contributed by atoms with Gasteiger partial charge in [-0.25, -0.2) is 0 Å². The van der Waals surface area contributed by atoms with E-state index in [1.807, 2.05) is 0 Å². The van der Waals surface area contributed by atoms with Crippen molar-refractivity contribution in [3.63, 3.8) is 0 Å². The Bertz CT molecular complexity index is 404. The van der Waals surface area contributed by atoms with E-state index >= 15 is 0 Å². The molecule has 1 aromatic rings. The molecule has 1 saturated heterocycles. The minimum absolute atomic E-state index is 0.418. The van der Waals surface area contributed by atoms with Crippen molar-refractivity contribution in [2.24, 2.45) is 5.92 Å². The molecule has 1 N–H and O–H groups in total. The number of halogens is 1. The molecule has 0 spiro atoms. The van der Waals surface area contributed by atoms with Gasteiger partial charge < -0.3 is 10.1 Å². The molecule has 0 aliphatic carbocycles. The molecule has 1 fully saturated rings. The van der Waals surface area contributed by atoms with E-state index in [-0.39, 0.29) is 0 Å². The third-order valence-corrected chi connectivity index (χ3v) is 4.56. The summed E-state index contributed by atoms with van der Waals surface area (Å²) in [4.78, 5) is 0. The lowest BCUT2D eigenvalue weighted by Crippen LogP contribution is -2.45. The van der Waals surface area contributed by atoms with Crippen LogP contribution in [-0.4, -0.2) is 24.8 Å². The van der Waals surface area contributed by atoms with E-state index in [1.54, 1.807) is 0 Å². The summed E-state index contributed by atoms with van der Waals surface area (Å²) in [6, 6.07) is 9.73. The first-order valence-electron chi connectivity index (χ1n) is 7.66. The standard InChI is InChI=1S/C17H26BrNO/c1-12(2)17-11-16(8-9-20-17)19-13(3)10-14-4-6-15(18)7-5-14/h4-7,12-13,16-17,19H,8-11H2,1-3H3. The second kappa shape index (κ2) is 7.58. The van der Waals surface area contributed by atoms with E-state index in [0.717, 1.165) is 30.3 Å². The summed E-state index contributed by atoms with van der Waals surface area (Å²) in [5.74, 6) is 0.612. The fourth-order valence-corrected chi connectivity index (χ4v) is 3.14. The van der Waals surface area contributed by atoms with E-state index in [4.69, 9.17) is 4.74 Å². The molecular weight excluding hydrogens is 314 g/mol. The highest BCUT2D eigenvalue weighted by Gasteiger charge is 2.25. The van der Waals surface area contributed by atoms with Gasteiger partial charge >= 0.3 is 0 Å². The molecule has 3 heteroatoms. The second-order valence-corrected chi connectivity index (χ2v) is 7.19. The zero-order chi connectivity index (χ0) is 14.5. The highest BCUT2D eigenvalue weighted by atomic mass is 79.9. The molecule has 1 aliphatic rings. The van der Waals surface area contributed by atoms with Crippen LogP contribution in [0.4, 0.5) is 0 Å². The first-order valence-corrected chi connectivity index (χ1v) is 8.46. The fraction of sp³-hybridized carbons (Fsp3) is 0.647. The third-order valence-electron chi connectivity index (χ3n) is 4.03. The summed E-state index contributed by atoms with van der Waals surface area (Å²) in [5.41, 5.74) is 1.39. The van der Waals surface area contributed by atoms with Gasteiger partial charge in [0.1, 0.15) is 0 Å². The maximum atomic E-state index is 5.84. The van der Waals surface area contributed by atoms with Gasteiger partial charge in [-0.05, 0) is 49.8 Å². The number of rotatable bonds is 5. The lowest BCUT2D eigenvalue weighted by Gasteiger charge is -2.34. The van der Waals surface area contributed by atoms with Crippen molar-refractivity contribution in [2.45, 2.75) is 58.2 Å². The number of benzene rings is 1. The summed E-state index contributed by atoms with van der Waals surface area (Å²) in [6.45, 7) is 7.67. The summed E-state index contributed by atoms with van der Waals surface area (Å²) in [5, 5.41) is 3.78. The molecule has 2 nitrogen and oxygen atoms in total. The first-order chi connectivity index (χ1) is 9.54. The molecule has 1 aromatic carbocycles. The van der Waals surface area contributed by atoms with Crippen LogP contribution in [0.25, 0.3) is 0 Å². The predicted molar refractivity (Wildman–Crippen MR) is 88.0 cm³/mol. The van der Waals surface area contributed by atoms with E-state index in [9.17, 15) is 0 Å². The molecule has 0 bridgehead atoms. The largest absolute Gasteiger partial charge is 0.378 e. The lowest BCUT2D eigenvalue weighted by molar-refractivity contribution is -0.0256. The van der Waals surface area contributed by atoms with Crippen molar-refractivity contribution in [3.05, 3.63) is 34.3 Å². The Morgan fingerprint density at radius 2 is 1.95 bits per heavy atom. The Hall–Kier alpha value is -0.380. The number of hydrogen-bond donors (Lipinski definition) is 1. The maximum Gasteiger partial charge on any atom is 0.0612 e. The molecular formula is C17H26BrNO. The Morgan fingerprint density at radius 1 is 1.25 bits per heavy atom. The van der Waals surface area contributed by atoms with Gasteiger partial charge in [-0.2, -0.15) is 0 Å². The van der Waals surface area contributed by atoms with E-state index in [2.05, 4.69) is 66.3 Å². The molecule has 0 radical (unpaired) electrons. The second-order valence-electron chi connectivity index (χ2n) is 6.27. The molecule has 1 heterocycles. The summed E-state index contributed by atoms with van der Waals surface area (Å²) >= 11 is 3.48. The number of ether oxygens (including phenoxy) is 1. The molecule has 0 amide bonds. The van der Waals surface area contributed by atoms with Gasteiger partial charge in [0, 0.05) is 23.2 Å². The zero-order valence-electron chi connectivity index (χ0n) is 12.7. The Labute approximate surface area is 131 Å². The average Bonchev–Trinajstić information content (AvgIpc) is 2.41. The van der Waals surface area contributed by atoms with Crippen molar-refractivity contribution >= 4 is 15.9 Å². The molecule has 20 heavy (non-hydrogen) atoms. The quantitative estimate of drug-likeness (QED) is 0.868. The van der Waals surface area contributed by atoms with Crippen LogP contribution in [0.1, 0.15) is 39.2 Å². The van der Waals surface area contributed by atoms with E-state index in [1.165, 1.54) is 5.56 Å². The zero-order valence-corrected chi connectivity index (χ0v) is 14.3. The average molecular weight is 340 g/mol. The Kier molecular flexibility index (Phi) is 6.06. The van der Waals surface area contributed by atoms with Crippen molar-refractivity contribution in [1.82, 2.24) is 5.32 Å². The van der Waals surface area contributed by atoms with Crippen molar-refractivity contribution in [3.8, 4) is 0 Å². The fourth-order valence-electron chi connectivity index (χ4n) is 2.88. The van der Waals surface area contributed by atoms with Crippen molar-refractivity contribution < 1.29 is 4.74 Å². The number of hydrogen-bond acceptors (Lipinski definition) is 2. The summed E-state index contributed by atoms with van der Waals surface area (Å²) in [7, 11) is 0. The van der Waals surface area contributed by atoms with Crippen LogP contribution in [0.5, 0.6) is 0 Å². The Balaban J connectivity index is 1.81. The molecule has 3 atom stereocenters. The normalized spacial score (nSPS) is 24.9. The van der Waals surface area contributed by atoms with Crippen LogP contribution in [-0.2, 0) is 11.2 Å². The minimum Gasteiger partial charge on any atom is -0.378 e. The highest BCUT2D eigenvalue weighted by Crippen LogP contribution is 2.21. The Morgan fingerprint density at radius 3 is 2.60 bits per heavy atom. The molecule has 3 unspecified atom stereocenters. The van der Waals surface area contributed by atoms with Gasteiger partial charge in [-0.15, -0.1) is 0 Å². The highest BCUT2D eigenvalue weighted by molar-refractivity contribution is 9.10. The van der Waals surface area contributed by atoms with Crippen LogP contribution in [0.15, 0.2) is 28.7 Å². The van der Waals surface area contributed by atoms with Crippen LogP contribution in [0.3, 0.4) is 0 Å². The summed E-state index contributed by atoms with van der Waals surface area (Å²) in [6.07, 6.45) is 3.77. The minimum atomic E-state index is 0.418. The van der Waals surface area contributed by atoms with Gasteiger partial charge in [-0.3, -0.25) is 0 Å². The van der Waals surface area contributed by atoms with Gasteiger partial charge in [0.2, 0.25) is 0 Å². The van der Waals surface area contributed by atoms with Crippen molar-refractivity contribution in [2.75, 3.05) is 6.61 Å². The lowest BCUT2D eigenvalue weighted by atomic mass is 9.94. The number of nitrogens with one attached hydrogen (secondary N) is 1.